The van der Waals surface area contributed by atoms with Crippen molar-refractivity contribution in [3.8, 4) is 5.75 Å². The van der Waals surface area contributed by atoms with Crippen molar-refractivity contribution < 1.29 is 14.3 Å². The molecular weight excluding hydrogens is 246 g/mol. The highest BCUT2D eigenvalue weighted by atomic mass is 16.5. The first-order valence-corrected chi connectivity index (χ1v) is 6.29. The number of aromatic nitrogens is 1. The number of pyridine rings is 1. The van der Waals surface area contributed by atoms with Crippen LogP contribution in [0, 0.1) is 0 Å². The number of nitrogens with one attached hydrogen (secondary N) is 1. The number of amides is 1. The SMILES string of the molecule is CNCC1CN(C(=O)c2ccncc2OC)CCO1. The summed E-state index contributed by atoms with van der Waals surface area (Å²) in [6, 6.07) is 1.68. The molecule has 1 saturated heterocycles. The Kier molecular flexibility index (Phi) is 4.70. The van der Waals surface area contributed by atoms with Gasteiger partial charge in [-0.3, -0.25) is 9.78 Å². The van der Waals surface area contributed by atoms with Gasteiger partial charge in [-0.2, -0.15) is 0 Å². The third kappa shape index (κ3) is 3.21. The Morgan fingerprint density at radius 3 is 3.26 bits per heavy atom. The fourth-order valence-electron chi connectivity index (χ4n) is 2.14. The molecule has 1 amide bonds. The lowest BCUT2D eigenvalue weighted by atomic mass is 10.2. The molecule has 1 atom stereocenters. The van der Waals surface area contributed by atoms with E-state index in [0.717, 1.165) is 6.54 Å². The maximum Gasteiger partial charge on any atom is 0.257 e. The Labute approximate surface area is 112 Å². The van der Waals surface area contributed by atoms with E-state index in [0.29, 0.717) is 31.0 Å². The Bertz CT molecular complexity index is 437. The van der Waals surface area contributed by atoms with Crippen LogP contribution in [-0.2, 0) is 4.74 Å². The number of likely N-dealkylation sites (N-methyl/N-ethyl adjacent to an activating group) is 1. The van der Waals surface area contributed by atoms with Gasteiger partial charge in [-0.05, 0) is 13.1 Å². The number of nitrogens with zero attached hydrogens (tertiary/aromatic N) is 2. The standard InChI is InChI=1S/C13H19N3O3/c1-14-7-10-9-16(5-6-19-10)13(17)11-3-4-15-8-12(11)18-2/h3-4,8,10,14H,5-7,9H2,1-2H3. The first-order chi connectivity index (χ1) is 9.26. The summed E-state index contributed by atoms with van der Waals surface area (Å²) >= 11 is 0. The summed E-state index contributed by atoms with van der Waals surface area (Å²) in [4.78, 5) is 18.2. The summed E-state index contributed by atoms with van der Waals surface area (Å²) in [6.45, 7) is 2.48. The molecule has 6 heteroatoms. The van der Waals surface area contributed by atoms with Crippen LogP contribution in [0.25, 0.3) is 0 Å². The second kappa shape index (κ2) is 6.49. The van der Waals surface area contributed by atoms with Gasteiger partial charge in [-0.15, -0.1) is 0 Å². The summed E-state index contributed by atoms with van der Waals surface area (Å²) < 4.78 is 10.8. The van der Waals surface area contributed by atoms with Gasteiger partial charge in [0, 0.05) is 25.8 Å². The molecule has 0 aliphatic carbocycles. The number of hydrogen-bond acceptors (Lipinski definition) is 5. The molecule has 19 heavy (non-hydrogen) atoms. The maximum absolute atomic E-state index is 12.5. The Balaban J connectivity index is 2.10. The minimum atomic E-state index is -0.0383. The van der Waals surface area contributed by atoms with Crippen LogP contribution in [0.2, 0.25) is 0 Å². The van der Waals surface area contributed by atoms with Crippen molar-refractivity contribution in [3.63, 3.8) is 0 Å². The smallest absolute Gasteiger partial charge is 0.257 e. The van der Waals surface area contributed by atoms with Gasteiger partial charge in [0.1, 0.15) is 5.75 Å². The van der Waals surface area contributed by atoms with E-state index in [1.807, 2.05) is 7.05 Å². The molecule has 6 nitrogen and oxygen atoms in total. The second-order valence-electron chi connectivity index (χ2n) is 4.38. The summed E-state index contributed by atoms with van der Waals surface area (Å²) in [5.74, 6) is 0.466. The van der Waals surface area contributed by atoms with Gasteiger partial charge in [-0.25, -0.2) is 0 Å². The highest BCUT2D eigenvalue weighted by molar-refractivity contribution is 5.96. The molecule has 0 spiro atoms. The van der Waals surface area contributed by atoms with Crippen LogP contribution < -0.4 is 10.1 Å². The molecule has 2 heterocycles. The molecule has 0 aromatic carbocycles. The van der Waals surface area contributed by atoms with Crippen molar-refractivity contribution in [3.05, 3.63) is 24.0 Å². The number of carbonyl (C=O) groups is 1. The lowest BCUT2D eigenvalue weighted by Crippen LogP contribution is -2.48. The van der Waals surface area contributed by atoms with Crippen LogP contribution in [0.5, 0.6) is 5.75 Å². The van der Waals surface area contributed by atoms with Gasteiger partial charge in [0.05, 0.1) is 31.6 Å². The van der Waals surface area contributed by atoms with Crippen molar-refractivity contribution >= 4 is 5.91 Å². The molecule has 0 radical (unpaired) electrons. The topological polar surface area (TPSA) is 63.7 Å². The van der Waals surface area contributed by atoms with Crippen LogP contribution in [0.4, 0.5) is 0 Å². The van der Waals surface area contributed by atoms with E-state index in [4.69, 9.17) is 9.47 Å². The summed E-state index contributed by atoms with van der Waals surface area (Å²) in [5, 5.41) is 3.06. The van der Waals surface area contributed by atoms with Gasteiger partial charge in [0.15, 0.2) is 0 Å². The Morgan fingerprint density at radius 2 is 2.53 bits per heavy atom. The molecule has 1 aliphatic rings. The normalized spacial score (nSPS) is 19.3. The molecule has 1 unspecified atom stereocenters. The first kappa shape index (κ1) is 13.8. The van der Waals surface area contributed by atoms with Crippen LogP contribution in [0.15, 0.2) is 18.5 Å². The van der Waals surface area contributed by atoms with Crippen LogP contribution in [0.3, 0.4) is 0 Å². The van der Waals surface area contributed by atoms with Crippen molar-refractivity contribution in [1.82, 2.24) is 15.2 Å². The molecule has 1 aliphatic heterocycles. The van der Waals surface area contributed by atoms with Crippen LogP contribution >= 0.6 is 0 Å². The summed E-state index contributed by atoms with van der Waals surface area (Å²) in [6.07, 6.45) is 3.19. The van der Waals surface area contributed by atoms with Gasteiger partial charge in [0.25, 0.3) is 5.91 Å². The number of hydrogen-bond donors (Lipinski definition) is 1. The maximum atomic E-state index is 12.5. The van der Waals surface area contributed by atoms with Crippen LogP contribution in [0.1, 0.15) is 10.4 Å². The van der Waals surface area contributed by atoms with Crippen molar-refractivity contribution in [2.24, 2.45) is 0 Å². The Hall–Kier alpha value is -1.66. The highest BCUT2D eigenvalue weighted by Crippen LogP contribution is 2.19. The van der Waals surface area contributed by atoms with E-state index in [-0.39, 0.29) is 12.0 Å². The largest absolute Gasteiger partial charge is 0.494 e. The first-order valence-electron chi connectivity index (χ1n) is 6.29. The zero-order valence-corrected chi connectivity index (χ0v) is 11.3. The predicted molar refractivity (Wildman–Crippen MR) is 70.4 cm³/mol. The number of carbonyl (C=O) groups excluding carboxylic acids is 1. The van der Waals surface area contributed by atoms with E-state index < -0.39 is 0 Å². The number of methoxy groups -OCH3 is 1. The van der Waals surface area contributed by atoms with Gasteiger partial charge in [-0.1, -0.05) is 0 Å². The second-order valence-corrected chi connectivity index (χ2v) is 4.38. The van der Waals surface area contributed by atoms with Crippen molar-refractivity contribution in [2.45, 2.75) is 6.10 Å². The number of rotatable bonds is 4. The molecule has 1 aromatic rings. The molecule has 0 saturated carbocycles. The zero-order valence-electron chi connectivity index (χ0n) is 11.3. The molecule has 2 rings (SSSR count). The fourth-order valence-corrected chi connectivity index (χ4v) is 2.14. The quantitative estimate of drug-likeness (QED) is 0.839. The lowest BCUT2D eigenvalue weighted by Gasteiger charge is -2.33. The van der Waals surface area contributed by atoms with Gasteiger partial charge < -0.3 is 19.7 Å². The van der Waals surface area contributed by atoms with Crippen molar-refractivity contribution in [1.29, 1.82) is 0 Å². The van der Waals surface area contributed by atoms with Gasteiger partial charge >= 0.3 is 0 Å². The fraction of sp³-hybridized carbons (Fsp3) is 0.538. The van der Waals surface area contributed by atoms with Crippen molar-refractivity contribution in [2.75, 3.05) is 40.4 Å². The average molecular weight is 265 g/mol. The minimum Gasteiger partial charge on any atom is -0.494 e. The highest BCUT2D eigenvalue weighted by Gasteiger charge is 2.26. The van der Waals surface area contributed by atoms with Gasteiger partial charge in [0.2, 0.25) is 0 Å². The minimum absolute atomic E-state index is 0.0375. The average Bonchev–Trinajstić information content (AvgIpc) is 2.47. The van der Waals surface area contributed by atoms with E-state index in [1.54, 1.807) is 23.4 Å². The molecule has 1 fully saturated rings. The number of ether oxygens (including phenoxy) is 2. The third-order valence-corrected chi connectivity index (χ3v) is 3.09. The predicted octanol–water partition coefficient (Wildman–Crippen LogP) is 0.151. The van der Waals surface area contributed by atoms with E-state index in [2.05, 4.69) is 10.3 Å². The summed E-state index contributed by atoms with van der Waals surface area (Å²) in [5.41, 5.74) is 0.544. The molecule has 1 aromatic heterocycles. The number of morpholine rings is 1. The lowest BCUT2D eigenvalue weighted by molar-refractivity contribution is -0.0197. The molecule has 0 bridgehead atoms. The Morgan fingerprint density at radius 1 is 1.68 bits per heavy atom. The van der Waals surface area contributed by atoms with E-state index in [9.17, 15) is 4.79 Å². The monoisotopic (exact) mass is 265 g/mol. The third-order valence-electron chi connectivity index (χ3n) is 3.09. The zero-order chi connectivity index (χ0) is 13.7. The van der Waals surface area contributed by atoms with Crippen LogP contribution in [-0.4, -0.2) is 62.3 Å². The van der Waals surface area contributed by atoms with E-state index in [1.165, 1.54) is 7.11 Å². The molecular formula is C13H19N3O3. The summed E-state index contributed by atoms with van der Waals surface area (Å²) in [7, 11) is 3.41. The molecule has 104 valence electrons. The van der Waals surface area contributed by atoms with E-state index >= 15 is 0 Å². The molecule has 1 N–H and O–H groups in total.